The summed E-state index contributed by atoms with van der Waals surface area (Å²) in [7, 11) is 0. The van der Waals surface area contributed by atoms with Crippen LogP contribution in [0.25, 0.3) is 0 Å². The summed E-state index contributed by atoms with van der Waals surface area (Å²) in [6.07, 6.45) is 0. The van der Waals surface area contributed by atoms with E-state index in [1.54, 1.807) is 6.07 Å². The topological polar surface area (TPSA) is 61.1 Å². The summed E-state index contributed by atoms with van der Waals surface area (Å²) in [6, 6.07) is 3.61. The molecule has 1 N–H and O–H groups in total. The van der Waals surface area contributed by atoms with Crippen LogP contribution in [0, 0.1) is 18.3 Å². The number of carbonyl (C=O) groups is 1. The van der Waals surface area contributed by atoms with Gasteiger partial charge in [-0.25, -0.2) is 4.79 Å². The second kappa shape index (κ2) is 4.67. The van der Waals surface area contributed by atoms with E-state index >= 15 is 0 Å². The fraction of sp³-hybridized carbons (Fsp3) is 0.200. The highest BCUT2D eigenvalue weighted by Crippen LogP contribution is 2.38. The van der Waals surface area contributed by atoms with Crippen molar-refractivity contribution in [2.75, 3.05) is 0 Å². The van der Waals surface area contributed by atoms with Crippen LogP contribution in [0.2, 0.25) is 0 Å². The van der Waals surface area contributed by atoms with Crippen LogP contribution in [-0.2, 0) is 0 Å². The van der Waals surface area contributed by atoms with Crippen LogP contribution < -0.4 is 0 Å². The van der Waals surface area contributed by atoms with Crippen molar-refractivity contribution in [2.45, 2.75) is 17.3 Å². The standard InChI is InChI=1S/C10H6F3NO2S/c1-5-2-7(17-10(11,12)13)3-6(4-14)8(5)9(15)16/h2-3H,1H3,(H,15,16). The normalized spacial score (nSPS) is 11.0. The first-order chi connectivity index (χ1) is 7.74. The van der Waals surface area contributed by atoms with Crippen LogP contribution in [0.15, 0.2) is 17.0 Å². The Hall–Kier alpha value is -1.68. The van der Waals surface area contributed by atoms with Gasteiger partial charge in [0.1, 0.15) is 6.07 Å². The first-order valence-corrected chi connectivity index (χ1v) is 5.10. The summed E-state index contributed by atoms with van der Waals surface area (Å²) in [6.45, 7) is 1.35. The average Bonchev–Trinajstić information content (AvgIpc) is 2.12. The molecule has 0 bridgehead atoms. The number of nitrogens with zero attached hydrogens (tertiary/aromatic N) is 1. The highest BCUT2D eigenvalue weighted by molar-refractivity contribution is 8.00. The zero-order valence-corrected chi connectivity index (χ0v) is 9.32. The molecule has 0 amide bonds. The number of thioether (sulfide) groups is 1. The van der Waals surface area contributed by atoms with Crippen molar-refractivity contribution in [2.24, 2.45) is 0 Å². The Labute approximate surface area is 98.9 Å². The summed E-state index contributed by atoms with van der Waals surface area (Å²) in [5.41, 5.74) is -4.88. The second-order valence-electron chi connectivity index (χ2n) is 3.13. The van der Waals surface area contributed by atoms with Gasteiger partial charge < -0.3 is 5.11 Å². The highest BCUT2D eigenvalue weighted by atomic mass is 32.2. The van der Waals surface area contributed by atoms with E-state index in [-0.39, 0.29) is 33.3 Å². The summed E-state index contributed by atoms with van der Waals surface area (Å²) >= 11 is -0.379. The van der Waals surface area contributed by atoms with Crippen LogP contribution in [-0.4, -0.2) is 16.6 Å². The lowest BCUT2D eigenvalue weighted by atomic mass is 10.0. The quantitative estimate of drug-likeness (QED) is 0.830. The van der Waals surface area contributed by atoms with E-state index in [0.29, 0.717) is 0 Å². The van der Waals surface area contributed by atoms with Crippen LogP contribution in [0.1, 0.15) is 21.5 Å². The molecule has 0 aliphatic carbocycles. The van der Waals surface area contributed by atoms with Crippen molar-refractivity contribution in [1.29, 1.82) is 5.26 Å². The van der Waals surface area contributed by atoms with Gasteiger partial charge in [-0.15, -0.1) is 0 Å². The largest absolute Gasteiger partial charge is 0.478 e. The van der Waals surface area contributed by atoms with Gasteiger partial charge in [0.25, 0.3) is 0 Å². The number of rotatable bonds is 2. The maximum Gasteiger partial charge on any atom is 0.446 e. The molecule has 0 aliphatic rings. The Morgan fingerprint density at radius 1 is 1.47 bits per heavy atom. The van der Waals surface area contributed by atoms with Gasteiger partial charge in [-0.1, -0.05) is 0 Å². The van der Waals surface area contributed by atoms with Crippen molar-refractivity contribution >= 4 is 17.7 Å². The Morgan fingerprint density at radius 3 is 2.47 bits per heavy atom. The number of aromatic carboxylic acids is 1. The lowest BCUT2D eigenvalue weighted by molar-refractivity contribution is -0.0328. The van der Waals surface area contributed by atoms with Gasteiger partial charge in [0.2, 0.25) is 0 Å². The number of nitriles is 1. The predicted octanol–water partition coefficient (Wildman–Crippen LogP) is 3.18. The summed E-state index contributed by atoms with van der Waals surface area (Å²) in [4.78, 5) is 10.6. The number of benzene rings is 1. The summed E-state index contributed by atoms with van der Waals surface area (Å²) in [5, 5.41) is 17.5. The molecule has 0 unspecified atom stereocenters. The number of hydrogen-bond acceptors (Lipinski definition) is 3. The molecule has 90 valence electrons. The lowest BCUT2D eigenvalue weighted by Crippen LogP contribution is -2.05. The second-order valence-corrected chi connectivity index (χ2v) is 4.27. The van der Waals surface area contributed by atoms with Crippen LogP contribution in [0.5, 0.6) is 0 Å². The molecule has 0 heterocycles. The van der Waals surface area contributed by atoms with E-state index in [1.165, 1.54) is 6.92 Å². The van der Waals surface area contributed by atoms with Gasteiger partial charge in [-0.05, 0) is 36.4 Å². The number of carboxylic acid groups (broad SMARTS) is 1. The predicted molar refractivity (Wildman–Crippen MR) is 54.8 cm³/mol. The molecule has 1 aromatic rings. The molecular weight excluding hydrogens is 255 g/mol. The average molecular weight is 261 g/mol. The van der Waals surface area contributed by atoms with Crippen molar-refractivity contribution in [3.63, 3.8) is 0 Å². The summed E-state index contributed by atoms with van der Waals surface area (Å²) < 4.78 is 36.4. The highest BCUT2D eigenvalue weighted by Gasteiger charge is 2.30. The zero-order chi connectivity index (χ0) is 13.2. The zero-order valence-electron chi connectivity index (χ0n) is 8.50. The van der Waals surface area contributed by atoms with E-state index in [4.69, 9.17) is 10.4 Å². The van der Waals surface area contributed by atoms with E-state index in [2.05, 4.69) is 0 Å². The molecule has 0 atom stereocenters. The molecule has 0 spiro atoms. The molecule has 7 heteroatoms. The van der Waals surface area contributed by atoms with Gasteiger partial charge in [0.15, 0.2) is 0 Å². The Balaban J connectivity index is 3.29. The van der Waals surface area contributed by atoms with Crippen molar-refractivity contribution in [3.8, 4) is 6.07 Å². The van der Waals surface area contributed by atoms with Gasteiger partial charge >= 0.3 is 11.5 Å². The maximum atomic E-state index is 12.1. The molecule has 0 fully saturated rings. The third-order valence-corrected chi connectivity index (χ3v) is 2.58. The van der Waals surface area contributed by atoms with E-state index < -0.39 is 11.5 Å². The van der Waals surface area contributed by atoms with Gasteiger partial charge in [0, 0.05) is 4.90 Å². The van der Waals surface area contributed by atoms with E-state index in [0.717, 1.165) is 12.1 Å². The maximum absolute atomic E-state index is 12.1. The molecule has 3 nitrogen and oxygen atoms in total. The van der Waals surface area contributed by atoms with Crippen LogP contribution in [0.4, 0.5) is 13.2 Å². The fourth-order valence-corrected chi connectivity index (χ4v) is 2.00. The first-order valence-electron chi connectivity index (χ1n) is 4.28. The number of carboxylic acids is 1. The SMILES string of the molecule is Cc1cc(SC(F)(F)F)cc(C#N)c1C(=O)O. The summed E-state index contributed by atoms with van der Waals surface area (Å²) in [5.74, 6) is -1.33. The van der Waals surface area contributed by atoms with Gasteiger partial charge in [-0.2, -0.15) is 18.4 Å². The third-order valence-electron chi connectivity index (χ3n) is 1.88. The minimum absolute atomic E-state index is 0.128. The van der Waals surface area contributed by atoms with E-state index in [1.807, 2.05) is 0 Å². The minimum atomic E-state index is -4.47. The van der Waals surface area contributed by atoms with Crippen LogP contribution >= 0.6 is 11.8 Å². The smallest absolute Gasteiger partial charge is 0.446 e. The third kappa shape index (κ3) is 3.39. The van der Waals surface area contributed by atoms with Gasteiger partial charge in [0.05, 0.1) is 11.1 Å². The Kier molecular flexibility index (Phi) is 3.68. The monoisotopic (exact) mass is 261 g/mol. The van der Waals surface area contributed by atoms with Crippen LogP contribution in [0.3, 0.4) is 0 Å². The minimum Gasteiger partial charge on any atom is -0.478 e. The molecule has 0 aliphatic heterocycles. The van der Waals surface area contributed by atoms with E-state index in [9.17, 15) is 18.0 Å². The molecule has 1 rings (SSSR count). The first kappa shape index (κ1) is 13.4. The van der Waals surface area contributed by atoms with Crippen molar-refractivity contribution < 1.29 is 23.1 Å². The molecule has 0 radical (unpaired) electrons. The molecule has 1 aromatic carbocycles. The number of halogens is 3. The number of aryl methyl sites for hydroxylation is 1. The Bertz CT molecular complexity index is 505. The van der Waals surface area contributed by atoms with Crippen molar-refractivity contribution in [3.05, 3.63) is 28.8 Å². The fourth-order valence-electron chi connectivity index (χ4n) is 1.32. The lowest BCUT2D eigenvalue weighted by Gasteiger charge is -2.09. The van der Waals surface area contributed by atoms with Gasteiger partial charge in [-0.3, -0.25) is 0 Å². The molecule has 0 aromatic heterocycles. The Morgan fingerprint density at radius 2 is 2.06 bits per heavy atom. The molecular formula is C10H6F3NO2S. The number of hydrogen-bond donors (Lipinski definition) is 1. The number of alkyl halides is 3. The molecule has 17 heavy (non-hydrogen) atoms. The van der Waals surface area contributed by atoms with Crippen molar-refractivity contribution in [1.82, 2.24) is 0 Å². The molecule has 0 saturated heterocycles. The molecule has 0 saturated carbocycles.